The van der Waals surface area contributed by atoms with Crippen LogP contribution in [0, 0.1) is 0 Å². The molecule has 2 aromatic heterocycles. The molecule has 4 rings (SSSR count). The van der Waals surface area contributed by atoms with Crippen molar-refractivity contribution in [3.63, 3.8) is 0 Å². The molecule has 1 N–H and O–H groups in total. The number of carbonyl (C=O) groups is 1. The molecule has 0 amide bonds. The second-order valence-corrected chi connectivity index (χ2v) is 8.39. The summed E-state index contributed by atoms with van der Waals surface area (Å²) in [5.74, 6) is 1.41. The molecule has 1 fully saturated rings. The largest absolute Gasteiger partial charge is 0.360 e. The molecule has 0 radical (unpaired) electrons. The van der Waals surface area contributed by atoms with Gasteiger partial charge in [-0.05, 0) is 36.6 Å². The standard InChI is InChI=1S/C17H15BrN4O3S/c1-26(24)17-20-14(21-22-17)7-10-6-11(18)4-5-12(10)15(23)13-8-19-25-16(13)9-2-3-9/h4-6,8-9H,2-3,7H2,1H3,(H,20,21,22). The van der Waals surface area contributed by atoms with Crippen LogP contribution < -0.4 is 0 Å². The van der Waals surface area contributed by atoms with Gasteiger partial charge in [-0.15, -0.1) is 5.10 Å². The van der Waals surface area contributed by atoms with E-state index in [2.05, 4.69) is 36.3 Å². The van der Waals surface area contributed by atoms with E-state index in [9.17, 15) is 9.00 Å². The molecule has 134 valence electrons. The van der Waals surface area contributed by atoms with Crippen LogP contribution in [0.5, 0.6) is 0 Å². The molecular weight excluding hydrogens is 420 g/mol. The Morgan fingerprint density at radius 1 is 1.38 bits per heavy atom. The van der Waals surface area contributed by atoms with E-state index in [0.717, 1.165) is 22.9 Å². The Balaban J connectivity index is 1.68. The van der Waals surface area contributed by atoms with Crippen LogP contribution in [0.2, 0.25) is 0 Å². The van der Waals surface area contributed by atoms with Gasteiger partial charge in [0.2, 0.25) is 5.16 Å². The van der Waals surface area contributed by atoms with E-state index in [4.69, 9.17) is 4.52 Å². The Morgan fingerprint density at radius 2 is 2.19 bits per heavy atom. The summed E-state index contributed by atoms with van der Waals surface area (Å²) in [6, 6.07) is 5.48. The number of carbonyl (C=O) groups excluding carboxylic acids is 1. The van der Waals surface area contributed by atoms with E-state index < -0.39 is 10.8 Å². The Morgan fingerprint density at radius 3 is 2.88 bits per heavy atom. The topological polar surface area (TPSA) is 102 Å². The SMILES string of the molecule is CS(=O)c1n[nH]c(Cc2cc(Br)ccc2C(=O)c2cnoc2C2CC2)n1. The lowest BCUT2D eigenvalue weighted by molar-refractivity contribution is 0.103. The third-order valence-electron chi connectivity index (χ3n) is 4.23. The molecule has 1 aliphatic carbocycles. The van der Waals surface area contributed by atoms with Crippen LogP contribution in [-0.4, -0.2) is 36.6 Å². The maximum atomic E-state index is 13.1. The number of hydrogen-bond donors (Lipinski definition) is 1. The number of hydrogen-bond acceptors (Lipinski definition) is 6. The van der Waals surface area contributed by atoms with Crippen LogP contribution in [0.3, 0.4) is 0 Å². The zero-order valence-corrected chi connectivity index (χ0v) is 16.3. The maximum absolute atomic E-state index is 13.1. The number of benzene rings is 1. The van der Waals surface area contributed by atoms with Gasteiger partial charge in [0.25, 0.3) is 0 Å². The number of rotatable bonds is 6. The van der Waals surface area contributed by atoms with Crippen LogP contribution in [-0.2, 0) is 17.2 Å². The van der Waals surface area contributed by atoms with Crippen LogP contribution in [0.1, 0.15) is 51.8 Å². The number of aromatic nitrogens is 4. The van der Waals surface area contributed by atoms with Gasteiger partial charge in [-0.1, -0.05) is 21.1 Å². The minimum absolute atomic E-state index is 0.116. The molecule has 0 bridgehead atoms. The zero-order chi connectivity index (χ0) is 18.3. The number of nitrogens with one attached hydrogen (secondary N) is 1. The fraction of sp³-hybridized carbons (Fsp3) is 0.294. The van der Waals surface area contributed by atoms with Crippen molar-refractivity contribution in [1.29, 1.82) is 0 Å². The molecule has 0 aliphatic heterocycles. The molecule has 26 heavy (non-hydrogen) atoms. The van der Waals surface area contributed by atoms with E-state index in [1.165, 1.54) is 12.5 Å². The van der Waals surface area contributed by atoms with Crippen molar-refractivity contribution in [2.45, 2.75) is 30.3 Å². The van der Waals surface area contributed by atoms with Crippen molar-refractivity contribution in [2.75, 3.05) is 6.26 Å². The molecule has 1 saturated carbocycles. The predicted octanol–water partition coefficient (Wildman–Crippen LogP) is 2.99. The molecule has 1 unspecified atom stereocenters. The first kappa shape index (κ1) is 17.3. The quantitative estimate of drug-likeness (QED) is 0.598. The fourth-order valence-corrected chi connectivity index (χ4v) is 3.62. The van der Waals surface area contributed by atoms with Gasteiger partial charge >= 0.3 is 0 Å². The summed E-state index contributed by atoms with van der Waals surface area (Å²) in [6.07, 6.45) is 5.44. The van der Waals surface area contributed by atoms with Gasteiger partial charge in [0, 0.05) is 28.6 Å². The lowest BCUT2D eigenvalue weighted by Crippen LogP contribution is -2.08. The summed E-state index contributed by atoms with van der Waals surface area (Å²) < 4.78 is 17.6. The summed E-state index contributed by atoms with van der Waals surface area (Å²) in [5, 5.41) is 10.8. The van der Waals surface area contributed by atoms with Crippen molar-refractivity contribution < 1.29 is 13.5 Å². The first-order valence-corrected chi connectivity index (χ1v) is 10.4. The first-order chi connectivity index (χ1) is 12.5. The summed E-state index contributed by atoms with van der Waals surface area (Å²) in [6.45, 7) is 0. The Hall–Kier alpha value is -2.13. The highest BCUT2D eigenvalue weighted by molar-refractivity contribution is 9.10. The third-order valence-corrected chi connectivity index (χ3v) is 5.42. The van der Waals surface area contributed by atoms with Crippen molar-refractivity contribution in [2.24, 2.45) is 0 Å². The van der Waals surface area contributed by atoms with E-state index in [-0.39, 0.29) is 10.9 Å². The normalized spacial score (nSPS) is 15.2. The minimum Gasteiger partial charge on any atom is -0.360 e. The highest BCUT2D eigenvalue weighted by atomic mass is 79.9. The fourth-order valence-electron chi connectivity index (χ4n) is 2.80. The number of nitrogens with zero attached hydrogens (tertiary/aromatic N) is 3. The van der Waals surface area contributed by atoms with Gasteiger partial charge in [0.15, 0.2) is 11.5 Å². The third kappa shape index (κ3) is 3.41. The van der Waals surface area contributed by atoms with E-state index >= 15 is 0 Å². The Bertz CT molecular complexity index is 1010. The average Bonchev–Trinajstić information content (AvgIpc) is 3.14. The van der Waals surface area contributed by atoms with E-state index in [1.54, 1.807) is 6.07 Å². The molecule has 2 heterocycles. The van der Waals surface area contributed by atoms with Gasteiger partial charge in [-0.2, -0.15) is 0 Å². The van der Waals surface area contributed by atoms with Gasteiger partial charge in [0.05, 0.1) is 22.6 Å². The van der Waals surface area contributed by atoms with Crippen molar-refractivity contribution >= 4 is 32.5 Å². The number of ketones is 1. The van der Waals surface area contributed by atoms with Crippen molar-refractivity contribution in [3.8, 4) is 0 Å². The first-order valence-electron chi connectivity index (χ1n) is 8.05. The summed E-state index contributed by atoms with van der Waals surface area (Å²) in [5.41, 5.74) is 1.87. The maximum Gasteiger partial charge on any atom is 0.238 e. The van der Waals surface area contributed by atoms with E-state index in [1.807, 2.05) is 12.1 Å². The monoisotopic (exact) mass is 434 g/mol. The summed E-state index contributed by atoms with van der Waals surface area (Å²) in [7, 11) is -1.26. The average molecular weight is 435 g/mol. The van der Waals surface area contributed by atoms with Crippen molar-refractivity contribution in [3.05, 3.63) is 57.1 Å². The molecule has 9 heteroatoms. The van der Waals surface area contributed by atoms with Crippen LogP contribution in [0.4, 0.5) is 0 Å². The Kier molecular flexibility index (Phi) is 4.58. The highest BCUT2D eigenvalue weighted by Gasteiger charge is 2.33. The predicted molar refractivity (Wildman–Crippen MR) is 97.6 cm³/mol. The van der Waals surface area contributed by atoms with E-state index in [0.29, 0.717) is 35.1 Å². The van der Waals surface area contributed by atoms with Gasteiger partial charge < -0.3 is 4.52 Å². The lowest BCUT2D eigenvalue weighted by Gasteiger charge is -2.08. The van der Waals surface area contributed by atoms with Crippen molar-refractivity contribution in [1.82, 2.24) is 20.3 Å². The molecule has 0 saturated heterocycles. The zero-order valence-electron chi connectivity index (χ0n) is 13.9. The molecule has 7 nitrogen and oxygen atoms in total. The van der Waals surface area contributed by atoms with Gasteiger partial charge in [-0.25, -0.2) is 4.98 Å². The van der Waals surface area contributed by atoms with Crippen LogP contribution >= 0.6 is 15.9 Å². The number of aromatic amines is 1. The molecular formula is C17H15BrN4O3S. The second-order valence-electron chi connectivity index (χ2n) is 6.20. The molecule has 1 aromatic carbocycles. The summed E-state index contributed by atoms with van der Waals surface area (Å²) >= 11 is 3.45. The Labute approximate surface area is 160 Å². The molecule has 3 aromatic rings. The molecule has 1 aliphatic rings. The highest BCUT2D eigenvalue weighted by Crippen LogP contribution is 2.42. The number of H-pyrrole nitrogens is 1. The van der Waals surface area contributed by atoms with Gasteiger partial charge in [0.1, 0.15) is 5.82 Å². The minimum atomic E-state index is -1.26. The number of halogens is 1. The van der Waals surface area contributed by atoms with Crippen LogP contribution in [0.15, 0.2) is 38.5 Å². The second kappa shape index (κ2) is 6.88. The van der Waals surface area contributed by atoms with Gasteiger partial charge in [-0.3, -0.25) is 14.1 Å². The molecule has 0 spiro atoms. The molecule has 1 atom stereocenters. The van der Waals surface area contributed by atoms with Crippen LogP contribution in [0.25, 0.3) is 0 Å². The smallest absolute Gasteiger partial charge is 0.238 e. The summed E-state index contributed by atoms with van der Waals surface area (Å²) in [4.78, 5) is 17.3. The lowest BCUT2D eigenvalue weighted by atomic mass is 9.96.